The molecule has 0 radical (unpaired) electrons. The van der Waals surface area contributed by atoms with Crippen LogP contribution in [0.4, 0.5) is 19.3 Å². The van der Waals surface area contributed by atoms with Gasteiger partial charge in [-0.25, -0.2) is 13.6 Å². The predicted octanol–water partition coefficient (Wildman–Crippen LogP) is 1.21. The molecule has 0 saturated carbocycles. The number of carbonyl (C=O) groups is 2. The van der Waals surface area contributed by atoms with Gasteiger partial charge in [0.05, 0.1) is 11.8 Å². The minimum absolute atomic E-state index is 0.0325. The van der Waals surface area contributed by atoms with Gasteiger partial charge >= 0.3 is 6.09 Å². The van der Waals surface area contributed by atoms with Gasteiger partial charge in [-0.3, -0.25) is 4.79 Å². The number of fused-ring (bicyclic) bond motifs is 1. The van der Waals surface area contributed by atoms with E-state index in [2.05, 4.69) is 5.32 Å². The van der Waals surface area contributed by atoms with Crippen LogP contribution >= 0.6 is 0 Å². The van der Waals surface area contributed by atoms with Crippen LogP contribution < -0.4 is 15.4 Å². The Bertz CT molecular complexity index is 644. The summed E-state index contributed by atoms with van der Waals surface area (Å²) in [4.78, 5) is 22.2. The van der Waals surface area contributed by atoms with Crippen LogP contribution in [0.2, 0.25) is 0 Å². The molecule has 110 valence electrons. The summed E-state index contributed by atoms with van der Waals surface area (Å²) >= 11 is 0. The maximum Gasteiger partial charge on any atom is 0.405 e. The van der Waals surface area contributed by atoms with Crippen LogP contribution in [0.15, 0.2) is 12.1 Å². The van der Waals surface area contributed by atoms with Crippen molar-refractivity contribution in [2.45, 2.75) is 18.6 Å². The van der Waals surface area contributed by atoms with Gasteiger partial charge in [0.15, 0.2) is 17.7 Å². The summed E-state index contributed by atoms with van der Waals surface area (Å²) in [6.07, 6.45) is -2.89. The number of benzene rings is 1. The Morgan fingerprint density at radius 3 is 2.81 bits per heavy atom. The first-order valence-electron chi connectivity index (χ1n) is 5.76. The quantitative estimate of drug-likeness (QED) is 0.776. The Balaban J connectivity index is 2.17. The maximum atomic E-state index is 13.1. The molecule has 0 spiro atoms. The molecular formula is C12H9F2N3O4. The van der Waals surface area contributed by atoms with Crippen molar-refractivity contribution in [3.63, 3.8) is 0 Å². The summed E-state index contributed by atoms with van der Waals surface area (Å²) in [7, 11) is 0. The molecule has 1 aliphatic rings. The summed E-state index contributed by atoms with van der Waals surface area (Å²) in [5.41, 5.74) is -0.0325. The van der Waals surface area contributed by atoms with E-state index in [9.17, 15) is 18.4 Å². The molecule has 0 saturated heterocycles. The molecule has 1 aromatic rings. The van der Waals surface area contributed by atoms with Crippen molar-refractivity contribution < 1.29 is 28.2 Å². The number of carboxylic acid groups (broad SMARTS) is 1. The van der Waals surface area contributed by atoms with E-state index in [1.807, 2.05) is 5.32 Å². The summed E-state index contributed by atoms with van der Waals surface area (Å²) < 4.78 is 31.4. The smallest absolute Gasteiger partial charge is 0.405 e. The number of halogens is 2. The summed E-state index contributed by atoms with van der Waals surface area (Å²) in [5, 5.41) is 21.5. The number of hydrogen-bond acceptors (Lipinski definition) is 4. The molecule has 0 bridgehead atoms. The van der Waals surface area contributed by atoms with Gasteiger partial charge in [-0.15, -0.1) is 0 Å². The Morgan fingerprint density at radius 1 is 1.52 bits per heavy atom. The molecule has 2 atom stereocenters. The number of nitrogens with zero attached hydrogens (tertiary/aromatic N) is 1. The molecule has 7 nitrogen and oxygen atoms in total. The monoisotopic (exact) mass is 297 g/mol. The third kappa shape index (κ3) is 3.17. The van der Waals surface area contributed by atoms with Crippen LogP contribution in [-0.4, -0.2) is 29.3 Å². The first-order chi connectivity index (χ1) is 9.90. The number of nitrogens with one attached hydrogen (secondary N) is 2. The van der Waals surface area contributed by atoms with Crippen molar-refractivity contribution in [2.75, 3.05) is 5.32 Å². The van der Waals surface area contributed by atoms with Gasteiger partial charge in [0.1, 0.15) is 11.8 Å². The standard InChI is InChI=1S/C12H9F2N3O4/c13-6-2-8-9(3-7(6)14)21-10(11(18)17-8)1-5(4-15)16-12(19)20/h2-3,5,10,16H,1H2,(H,17,18)(H,19,20)/t5?,10-/m0/s1. The summed E-state index contributed by atoms with van der Waals surface area (Å²) in [6.45, 7) is 0. The van der Waals surface area contributed by atoms with Crippen molar-refractivity contribution >= 4 is 17.7 Å². The number of ether oxygens (including phenoxy) is 1. The van der Waals surface area contributed by atoms with E-state index >= 15 is 0 Å². The molecule has 1 heterocycles. The van der Waals surface area contributed by atoms with E-state index in [-0.39, 0.29) is 17.9 Å². The van der Waals surface area contributed by atoms with E-state index < -0.39 is 35.8 Å². The lowest BCUT2D eigenvalue weighted by atomic mass is 10.1. The number of amides is 2. The Kier molecular flexibility index (Phi) is 3.89. The van der Waals surface area contributed by atoms with Crippen LogP contribution in [0, 0.1) is 23.0 Å². The molecule has 21 heavy (non-hydrogen) atoms. The average Bonchev–Trinajstić information content (AvgIpc) is 2.40. The fraction of sp³-hybridized carbons (Fsp3) is 0.250. The fourth-order valence-electron chi connectivity index (χ4n) is 1.81. The van der Waals surface area contributed by atoms with Crippen molar-refractivity contribution in [3.05, 3.63) is 23.8 Å². The first-order valence-corrected chi connectivity index (χ1v) is 5.76. The zero-order valence-electron chi connectivity index (χ0n) is 10.4. The maximum absolute atomic E-state index is 13.1. The molecule has 0 fully saturated rings. The van der Waals surface area contributed by atoms with E-state index in [1.54, 1.807) is 6.07 Å². The molecular weight excluding hydrogens is 288 g/mol. The second-order valence-electron chi connectivity index (χ2n) is 4.23. The van der Waals surface area contributed by atoms with Gasteiger partial charge in [0.25, 0.3) is 5.91 Å². The molecule has 2 rings (SSSR count). The second-order valence-corrected chi connectivity index (χ2v) is 4.23. The second kappa shape index (κ2) is 5.62. The Labute approximate surface area is 117 Å². The minimum atomic E-state index is -1.42. The van der Waals surface area contributed by atoms with Crippen LogP contribution in [-0.2, 0) is 4.79 Å². The highest BCUT2D eigenvalue weighted by Crippen LogP contribution is 2.32. The minimum Gasteiger partial charge on any atom is -0.478 e. The van der Waals surface area contributed by atoms with Gasteiger partial charge in [-0.1, -0.05) is 0 Å². The number of anilines is 1. The Hall–Kier alpha value is -2.89. The van der Waals surface area contributed by atoms with E-state index in [0.29, 0.717) is 0 Å². The molecule has 2 amide bonds. The van der Waals surface area contributed by atoms with Gasteiger partial charge in [-0.05, 0) is 0 Å². The summed E-state index contributed by atoms with van der Waals surface area (Å²) in [5.74, 6) is -3.06. The largest absolute Gasteiger partial charge is 0.478 e. The average molecular weight is 297 g/mol. The number of hydrogen-bond donors (Lipinski definition) is 3. The summed E-state index contributed by atoms with van der Waals surface area (Å²) in [6, 6.07) is 2.02. The number of nitriles is 1. The molecule has 1 aliphatic heterocycles. The van der Waals surface area contributed by atoms with Gasteiger partial charge in [-0.2, -0.15) is 5.26 Å². The highest BCUT2D eigenvalue weighted by Gasteiger charge is 2.31. The normalized spacial score (nSPS) is 17.8. The zero-order chi connectivity index (χ0) is 15.6. The van der Waals surface area contributed by atoms with Crippen LogP contribution in [0.25, 0.3) is 0 Å². The van der Waals surface area contributed by atoms with E-state index in [0.717, 1.165) is 12.1 Å². The van der Waals surface area contributed by atoms with Crippen molar-refractivity contribution in [3.8, 4) is 11.8 Å². The molecule has 3 N–H and O–H groups in total. The SMILES string of the molecule is N#CC(C[C@@H]1Oc2cc(F)c(F)cc2NC1=O)NC(=O)O. The molecule has 1 aromatic carbocycles. The predicted molar refractivity (Wildman–Crippen MR) is 64.6 cm³/mol. The van der Waals surface area contributed by atoms with Crippen molar-refractivity contribution in [1.82, 2.24) is 5.32 Å². The topological polar surface area (TPSA) is 111 Å². The van der Waals surface area contributed by atoms with E-state index in [4.69, 9.17) is 15.1 Å². The van der Waals surface area contributed by atoms with Gasteiger partial charge in [0, 0.05) is 18.6 Å². The van der Waals surface area contributed by atoms with Crippen molar-refractivity contribution in [2.24, 2.45) is 0 Å². The third-order valence-corrected chi connectivity index (χ3v) is 2.75. The lowest BCUT2D eigenvalue weighted by Crippen LogP contribution is -2.43. The highest BCUT2D eigenvalue weighted by molar-refractivity contribution is 5.97. The zero-order valence-corrected chi connectivity index (χ0v) is 10.4. The lowest BCUT2D eigenvalue weighted by Gasteiger charge is -2.27. The van der Waals surface area contributed by atoms with Gasteiger partial charge in [0.2, 0.25) is 0 Å². The van der Waals surface area contributed by atoms with Crippen LogP contribution in [0.5, 0.6) is 5.75 Å². The number of carbonyl (C=O) groups excluding carboxylic acids is 1. The van der Waals surface area contributed by atoms with Crippen LogP contribution in [0.3, 0.4) is 0 Å². The van der Waals surface area contributed by atoms with Gasteiger partial charge < -0.3 is 20.5 Å². The third-order valence-electron chi connectivity index (χ3n) is 2.75. The highest BCUT2D eigenvalue weighted by atomic mass is 19.2. The van der Waals surface area contributed by atoms with E-state index in [1.165, 1.54) is 0 Å². The molecule has 9 heteroatoms. The molecule has 0 aromatic heterocycles. The molecule has 0 aliphatic carbocycles. The number of rotatable bonds is 3. The Morgan fingerprint density at radius 2 is 2.19 bits per heavy atom. The molecule has 1 unspecified atom stereocenters. The van der Waals surface area contributed by atoms with Crippen LogP contribution in [0.1, 0.15) is 6.42 Å². The van der Waals surface area contributed by atoms with Crippen molar-refractivity contribution in [1.29, 1.82) is 5.26 Å². The first kappa shape index (κ1) is 14.5. The fourth-order valence-corrected chi connectivity index (χ4v) is 1.81. The lowest BCUT2D eigenvalue weighted by molar-refractivity contribution is -0.123.